The number of carbonyl (C=O) groups excluding carboxylic acids is 1. The number of carbonyl (C=O) groups is 1. The molecule has 0 saturated heterocycles. The lowest BCUT2D eigenvalue weighted by Gasteiger charge is -2.05. The summed E-state index contributed by atoms with van der Waals surface area (Å²) in [6.45, 7) is 0. The summed E-state index contributed by atoms with van der Waals surface area (Å²) in [4.78, 5) is 24.3. The molecule has 1 aromatic carbocycles. The molecule has 2 aromatic heterocycles. The van der Waals surface area contributed by atoms with Gasteiger partial charge in [-0.05, 0) is 22.4 Å². The third kappa shape index (κ3) is 2.18. The van der Waals surface area contributed by atoms with Gasteiger partial charge in [-0.25, -0.2) is 19.4 Å². The number of rotatable bonds is 3. The van der Waals surface area contributed by atoms with Gasteiger partial charge in [-0.3, -0.25) is 0 Å². The third-order valence-electron chi connectivity index (χ3n) is 2.31. The predicted molar refractivity (Wildman–Crippen MR) is 62.9 cm³/mol. The van der Waals surface area contributed by atoms with E-state index in [0.29, 0.717) is 5.56 Å². The topological polar surface area (TPSA) is 103 Å². The molecular weight excluding hydrogens is 250 g/mol. The maximum absolute atomic E-state index is 11.7. The van der Waals surface area contributed by atoms with Crippen molar-refractivity contribution in [1.82, 2.24) is 20.3 Å². The fourth-order valence-corrected chi connectivity index (χ4v) is 1.42. The highest BCUT2D eigenvalue weighted by Crippen LogP contribution is 2.14. The average molecular weight is 257 g/mol. The first kappa shape index (κ1) is 11.1. The molecule has 0 saturated carbocycles. The minimum Gasteiger partial charge on any atom is -0.336 e. The van der Waals surface area contributed by atoms with Crippen LogP contribution < -0.4 is 5.48 Å². The van der Waals surface area contributed by atoms with Crippen LogP contribution in [0, 0.1) is 0 Å². The number of nitrogens with one attached hydrogen (secondary N) is 1. The van der Waals surface area contributed by atoms with Gasteiger partial charge >= 0.3 is 5.97 Å². The van der Waals surface area contributed by atoms with Crippen LogP contribution in [0.15, 0.2) is 41.3 Å². The summed E-state index contributed by atoms with van der Waals surface area (Å²) in [7, 11) is 0. The van der Waals surface area contributed by atoms with Crippen LogP contribution in [0.1, 0.15) is 10.4 Å². The van der Waals surface area contributed by atoms with Crippen LogP contribution in [0.5, 0.6) is 0 Å². The molecule has 3 aromatic rings. The second-order valence-corrected chi connectivity index (χ2v) is 3.52. The number of hydrogen-bond acceptors (Lipinski definition) is 8. The monoisotopic (exact) mass is 257 g/mol. The van der Waals surface area contributed by atoms with E-state index in [2.05, 4.69) is 30.4 Å². The lowest BCUT2D eigenvalue weighted by molar-refractivity contribution is 0.0595. The van der Waals surface area contributed by atoms with Gasteiger partial charge in [-0.15, -0.1) is 0 Å². The molecule has 1 N–H and O–H groups in total. The normalized spacial score (nSPS) is 10.3. The van der Waals surface area contributed by atoms with Crippen molar-refractivity contribution in [3.05, 3.63) is 42.2 Å². The number of fused-ring (bicyclic) bond motifs is 1. The van der Waals surface area contributed by atoms with Crippen LogP contribution in [0.4, 0.5) is 5.82 Å². The standard InChI is InChI=1S/C11H7N5O3/c17-11(7-4-2-1-3-5-7)18-15-9-8-10(13-6-12-9)16-19-14-8/h1-6H,(H,12,13,15,16). The summed E-state index contributed by atoms with van der Waals surface area (Å²) in [6, 6.07) is 8.55. The lowest BCUT2D eigenvalue weighted by atomic mass is 10.2. The Balaban J connectivity index is 1.76. The first-order valence-electron chi connectivity index (χ1n) is 5.30. The van der Waals surface area contributed by atoms with Crippen LogP contribution in [-0.4, -0.2) is 26.3 Å². The number of aromatic nitrogens is 4. The highest BCUT2D eigenvalue weighted by molar-refractivity contribution is 5.90. The summed E-state index contributed by atoms with van der Waals surface area (Å²) in [5, 5.41) is 7.15. The molecular formula is C11H7N5O3. The molecule has 0 aliphatic carbocycles. The van der Waals surface area contributed by atoms with E-state index in [-0.39, 0.29) is 17.0 Å². The molecule has 0 aliphatic heterocycles. The Kier molecular flexibility index (Phi) is 2.73. The molecule has 0 spiro atoms. The lowest BCUT2D eigenvalue weighted by Crippen LogP contribution is -2.11. The highest BCUT2D eigenvalue weighted by atomic mass is 16.7. The molecule has 0 aliphatic rings. The smallest absolute Gasteiger partial charge is 0.336 e. The fraction of sp³-hybridized carbons (Fsp3) is 0. The van der Waals surface area contributed by atoms with Gasteiger partial charge in [0.15, 0.2) is 11.3 Å². The molecule has 3 rings (SSSR count). The Hall–Kier alpha value is -3.03. The van der Waals surface area contributed by atoms with E-state index in [4.69, 9.17) is 4.84 Å². The summed E-state index contributed by atoms with van der Waals surface area (Å²) < 4.78 is 4.51. The molecule has 8 nitrogen and oxygen atoms in total. The van der Waals surface area contributed by atoms with Gasteiger partial charge in [-0.2, -0.15) is 5.48 Å². The van der Waals surface area contributed by atoms with Gasteiger partial charge in [0.2, 0.25) is 5.65 Å². The Morgan fingerprint density at radius 3 is 2.84 bits per heavy atom. The minimum absolute atomic E-state index is 0.204. The van der Waals surface area contributed by atoms with E-state index in [1.807, 2.05) is 0 Å². The Morgan fingerprint density at radius 1 is 1.16 bits per heavy atom. The molecule has 0 atom stereocenters. The van der Waals surface area contributed by atoms with Crippen LogP contribution in [-0.2, 0) is 4.84 Å². The maximum Gasteiger partial charge on any atom is 0.362 e. The Morgan fingerprint density at radius 2 is 2.00 bits per heavy atom. The van der Waals surface area contributed by atoms with Crippen LogP contribution in [0.2, 0.25) is 0 Å². The van der Waals surface area contributed by atoms with E-state index in [0.717, 1.165) is 0 Å². The minimum atomic E-state index is -0.538. The highest BCUT2D eigenvalue weighted by Gasteiger charge is 2.12. The van der Waals surface area contributed by atoms with Crippen LogP contribution in [0.3, 0.4) is 0 Å². The van der Waals surface area contributed by atoms with Crippen LogP contribution in [0.25, 0.3) is 11.2 Å². The molecule has 8 heteroatoms. The van der Waals surface area contributed by atoms with Gasteiger partial charge in [0.25, 0.3) is 0 Å². The Labute approximate surface area is 106 Å². The quantitative estimate of drug-likeness (QED) is 0.698. The van der Waals surface area contributed by atoms with Crippen molar-refractivity contribution in [2.24, 2.45) is 0 Å². The number of hydrogen-bond donors (Lipinski definition) is 1. The van der Waals surface area contributed by atoms with E-state index in [1.165, 1.54) is 6.33 Å². The summed E-state index contributed by atoms with van der Waals surface area (Å²) in [5.74, 6) is -0.334. The van der Waals surface area contributed by atoms with Gasteiger partial charge in [0.05, 0.1) is 5.56 Å². The second kappa shape index (κ2) is 4.69. The molecule has 0 bridgehead atoms. The summed E-state index contributed by atoms with van der Waals surface area (Å²) >= 11 is 0. The van der Waals surface area contributed by atoms with E-state index in [9.17, 15) is 4.79 Å². The van der Waals surface area contributed by atoms with Gasteiger partial charge in [0, 0.05) is 0 Å². The van der Waals surface area contributed by atoms with Crippen molar-refractivity contribution in [1.29, 1.82) is 0 Å². The average Bonchev–Trinajstić information content (AvgIpc) is 2.94. The van der Waals surface area contributed by atoms with E-state index >= 15 is 0 Å². The van der Waals surface area contributed by atoms with Crippen molar-refractivity contribution >= 4 is 23.0 Å². The summed E-state index contributed by atoms with van der Waals surface area (Å²) in [5.41, 5.74) is 3.38. The molecule has 0 unspecified atom stereocenters. The van der Waals surface area contributed by atoms with Crippen molar-refractivity contribution in [2.75, 3.05) is 5.48 Å². The van der Waals surface area contributed by atoms with Crippen LogP contribution >= 0.6 is 0 Å². The number of benzene rings is 1. The third-order valence-corrected chi connectivity index (χ3v) is 2.31. The maximum atomic E-state index is 11.7. The van der Waals surface area contributed by atoms with Crippen molar-refractivity contribution in [2.45, 2.75) is 0 Å². The zero-order valence-corrected chi connectivity index (χ0v) is 9.48. The molecule has 2 heterocycles. The molecule has 94 valence electrons. The largest absolute Gasteiger partial charge is 0.362 e. The summed E-state index contributed by atoms with van der Waals surface area (Å²) in [6.07, 6.45) is 1.26. The molecule has 0 radical (unpaired) electrons. The first-order valence-corrected chi connectivity index (χ1v) is 5.30. The van der Waals surface area contributed by atoms with Crippen molar-refractivity contribution in [3.8, 4) is 0 Å². The van der Waals surface area contributed by atoms with Crippen molar-refractivity contribution in [3.63, 3.8) is 0 Å². The van der Waals surface area contributed by atoms with E-state index < -0.39 is 5.97 Å². The van der Waals surface area contributed by atoms with E-state index in [1.54, 1.807) is 30.3 Å². The van der Waals surface area contributed by atoms with Gasteiger partial charge < -0.3 is 4.84 Å². The SMILES string of the molecule is O=C(ONc1ncnc2nonc12)c1ccccc1. The predicted octanol–water partition coefficient (Wildman–Crippen LogP) is 1.20. The van der Waals surface area contributed by atoms with Crippen molar-refractivity contribution < 1.29 is 14.3 Å². The fourth-order valence-electron chi connectivity index (χ4n) is 1.42. The first-order chi connectivity index (χ1) is 9.34. The Bertz CT molecular complexity index is 712. The van der Waals surface area contributed by atoms with Gasteiger partial charge in [-0.1, -0.05) is 18.2 Å². The molecule has 19 heavy (non-hydrogen) atoms. The zero-order chi connectivity index (χ0) is 13.1. The second-order valence-electron chi connectivity index (χ2n) is 3.52. The van der Waals surface area contributed by atoms with Gasteiger partial charge in [0.1, 0.15) is 6.33 Å². The zero-order valence-electron chi connectivity index (χ0n) is 9.48. The number of anilines is 1. The molecule has 0 amide bonds. The molecule has 0 fully saturated rings. The number of nitrogens with zero attached hydrogens (tertiary/aromatic N) is 4.